The van der Waals surface area contributed by atoms with Gasteiger partial charge in [0.1, 0.15) is 17.4 Å². The lowest BCUT2D eigenvalue weighted by Crippen LogP contribution is -2.28. The van der Waals surface area contributed by atoms with Crippen molar-refractivity contribution in [3.8, 4) is 0 Å². The van der Waals surface area contributed by atoms with Crippen LogP contribution in [0.15, 0.2) is 53.7 Å². The predicted molar refractivity (Wildman–Crippen MR) is 118 cm³/mol. The molecule has 0 saturated heterocycles. The van der Waals surface area contributed by atoms with Crippen LogP contribution < -0.4 is 5.73 Å². The van der Waals surface area contributed by atoms with Gasteiger partial charge in [-0.3, -0.25) is 0 Å². The monoisotopic (exact) mass is 439 g/mol. The van der Waals surface area contributed by atoms with Crippen molar-refractivity contribution in [1.82, 2.24) is 18.5 Å². The Labute approximate surface area is 180 Å². The number of benzene rings is 1. The number of hydrogen-bond acceptors (Lipinski definition) is 6. The van der Waals surface area contributed by atoms with Crippen LogP contribution in [0.3, 0.4) is 0 Å². The smallest absolute Gasteiger partial charge is 0.269 e. The molecule has 4 aromatic rings. The van der Waals surface area contributed by atoms with Gasteiger partial charge in [-0.05, 0) is 50.8 Å². The lowest BCUT2D eigenvalue weighted by Gasteiger charge is -2.29. The molecule has 162 valence electrons. The van der Waals surface area contributed by atoms with Crippen LogP contribution in [0, 0.1) is 0 Å². The van der Waals surface area contributed by atoms with Gasteiger partial charge in [0.25, 0.3) is 10.0 Å². The molecule has 1 aromatic carbocycles. The number of rotatable bonds is 4. The Balaban J connectivity index is 1.74. The Kier molecular flexibility index (Phi) is 4.84. The highest BCUT2D eigenvalue weighted by atomic mass is 32.2. The quantitative estimate of drug-likeness (QED) is 0.505. The van der Waals surface area contributed by atoms with Gasteiger partial charge in [-0.15, -0.1) is 0 Å². The molecule has 0 spiro atoms. The molecule has 3 heterocycles. The molecule has 0 amide bonds. The van der Waals surface area contributed by atoms with Crippen molar-refractivity contribution in [1.29, 1.82) is 0 Å². The number of aliphatic hydroxyl groups is 1. The Bertz CT molecular complexity index is 1350. The highest BCUT2D eigenvalue weighted by Crippen LogP contribution is 2.37. The molecule has 0 aliphatic heterocycles. The van der Waals surface area contributed by atoms with E-state index in [1.165, 1.54) is 10.2 Å². The Morgan fingerprint density at radius 3 is 2.52 bits per heavy atom. The standard InChI is InChI=1S/C22H25N5O3S/c1-14(28)21-25-19-13-24-22-18(20(19)27(21)16-9-7-15(23)8-10-16)11-12-26(22)31(29,30)17-5-3-2-4-6-17/h2-6,11-16,28H,7-10,23H2,1H3/t14-,15?,16?/m1/s1. The van der Waals surface area contributed by atoms with E-state index in [1.54, 1.807) is 49.5 Å². The third-order valence-electron chi connectivity index (χ3n) is 6.14. The van der Waals surface area contributed by atoms with E-state index in [4.69, 9.17) is 5.73 Å². The maximum atomic E-state index is 13.2. The van der Waals surface area contributed by atoms with Crippen molar-refractivity contribution in [2.75, 3.05) is 0 Å². The molecular formula is C22H25N5O3S. The van der Waals surface area contributed by atoms with Crippen molar-refractivity contribution in [3.63, 3.8) is 0 Å². The van der Waals surface area contributed by atoms with E-state index < -0.39 is 16.1 Å². The topological polar surface area (TPSA) is 116 Å². The van der Waals surface area contributed by atoms with Gasteiger partial charge in [0.05, 0.1) is 16.6 Å². The molecule has 31 heavy (non-hydrogen) atoms. The second kappa shape index (κ2) is 7.44. The number of aliphatic hydroxyl groups excluding tert-OH is 1. The summed E-state index contributed by atoms with van der Waals surface area (Å²) < 4.78 is 29.7. The average Bonchev–Trinajstić information content (AvgIpc) is 3.37. The first-order valence-corrected chi connectivity index (χ1v) is 11.9. The zero-order chi connectivity index (χ0) is 21.8. The summed E-state index contributed by atoms with van der Waals surface area (Å²) in [4.78, 5) is 9.29. The summed E-state index contributed by atoms with van der Waals surface area (Å²) in [5.74, 6) is 0.573. The van der Waals surface area contributed by atoms with E-state index in [-0.39, 0.29) is 17.0 Å². The zero-order valence-electron chi connectivity index (χ0n) is 17.2. The fourth-order valence-electron chi connectivity index (χ4n) is 4.59. The predicted octanol–water partition coefficient (Wildman–Crippen LogP) is 3.12. The minimum absolute atomic E-state index is 0.147. The molecule has 5 rings (SSSR count). The SMILES string of the molecule is C[C@@H](O)c1nc2cnc3c(ccn3S(=O)(=O)c3ccccc3)c2n1C1CCC(N)CC1. The van der Waals surface area contributed by atoms with Gasteiger partial charge in [0.15, 0.2) is 5.65 Å². The summed E-state index contributed by atoms with van der Waals surface area (Å²) in [5, 5.41) is 11.1. The van der Waals surface area contributed by atoms with E-state index in [0.29, 0.717) is 22.4 Å². The first kappa shape index (κ1) is 20.2. The van der Waals surface area contributed by atoms with Crippen molar-refractivity contribution in [2.45, 2.75) is 55.7 Å². The zero-order valence-corrected chi connectivity index (χ0v) is 18.0. The number of hydrogen-bond donors (Lipinski definition) is 2. The highest BCUT2D eigenvalue weighted by molar-refractivity contribution is 7.90. The molecule has 1 fully saturated rings. The maximum absolute atomic E-state index is 13.2. The highest BCUT2D eigenvalue weighted by Gasteiger charge is 2.28. The van der Waals surface area contributed by atoms with Crippen molar-refractivity contribution in [2.24, 2.45) is 5.73 Å². The molecule has 1 aliphatic rings. The Morgan fingerprint density at radius 1 is 1.13 bits per heavy atom. The number of imidazole rings is 1. The van der Waals surface area contributed by atoms with Crippen LogP contribution in [0.5, 0.6) is 0 Å². The molecule has 9 heteroatoms. The Morgan fingerprint density at radius 2 is 1.84 bits per heavy atom. The third kappa shape index (κ3) is 3.24. The molecule has 0 bridgehead atoms. The van der Waals surface area contributed by atoms with E-state index >= 15 is 0 Å². The Hall–Kier alpha value is -2.75. The fraction of sp³-hybridized carbons (Fsp3) is 0.364. The van der Waals surface area contributed by atoms with Gasteiger partial charge in [0, 0.05) is 23.7 Å². The van der Waals surface area contributed by atoms with Crippen LogP contribution in [-0.4, -0.2) is 38.1 Å². The van der Waals surface area contributed by atoms with Crippen LogP contribution in [0.2, 0.25) is 0 Å². The van der Waals surface area contributed by atoms with Gasteiger partial charge < -0.3 is 15.4 Å². The molecule has 3 N–H and O–H groups in total. The molecule has 0 unspecified atom stereocenters. The molecular weight excluding hydrogens is 414 g/mol. The molecule has 3 aromatic heterocycles. The van der Waals surface area contributed by atoms with Crippen LogP contribution in [0.25, 0.3) is 22.1 Å². The lowest BCUT2D eigenvalue weighted by atomic mass is 9.91. The van der Waals surface area contributed by atoms with Gasteiger partial charge in [-0.2, -0.15) is 0 Å². The van der Waals surface area contributed by atoms with Gasteiger partial charge in [-0.25, -0.2) is 22.4 Å². The third-order valence-corrected chi connectivity index (χ3v) is 7.82. The van der Waals surface area contributed by atoms with Crippen LogP contribution in [-0.2, 0) is 10.0 Å². The summed E-state index contributed by atoms with van der Waals surface area (Å²) in [6.45, 7) is 1.70. The summed E-state index contributed by atoms with van der Waals surface area (Å²) in [7, 11) is -3.79. The van der Waals surface area contributed by atoms with Gasteiger partial charge in [0.2, 0.25) is 0 Å². The summed E-state index contributed by atoms with van der Waals surface area (Å²) >= 11 is 0. The van der Waals surface area contributed by atoms with Crippen molar-refractivity contribution in [3.05, 3.63) is 54.6 Å². The molecule has 8 nitrogen and oxygen atoms in total. The normalized spacial score (nSPS) is 21.0. The van der Waals surface area contributed by atoms with Gasteiger partial charge in [-0.1, -0.05) is 18.2 Å². The molecule has 1 saturated carbocycles. The van der Waals surface area contributed by atoms with E-state index in [0.717, 1.165) is 31.2 Å². The fourth-order valence-corrected chi connectivity index (χ4v) is 5.91. The molecule has 1 aliphatic carbocycles. The second-order valence-electron chi connectivity index (χ2n) is 8.24. The van der Waals surface area contributed by atoms with E-state index in [9.17, 15) is 13.5 Å². The van der Waals surface area contributed by atoms with Crippen molar-refractivity contribution < 1.29 is 13.5 Å². The average molecular weight is 440 g/mol. The second-order valence-corrected chi connectivity index (χ2v) is 10.1. The number of aromatic nitrogens is 4. The van der Waals surface area contributed by atoms with E-state index in [1.807, 2.05) is 0 Å². The summed E-state index contributed by atoms with van der Waals surface area (Å²) in [6, 6.07) is 10.4. The largest absolute Gasteiger partial charge is 0.385 e. The molecule has 0 radical (unpaired) electrons. The minimum Gasteiger partial charge on any atom is -0.385 e. The summed E-state index contributed by atoms with van der Waals surface area (Å²) in [6.07, 6.45) is 5.95. The van der Waals surface area contributed by atoms with Crippen LogP contribution in [0.4, 0.5) is 0 Å². The number of nitrogens with two attached hydrogens (primary N) is 1. The van der Waals surface area contributed by atoms with Gasteiger partial charge >= 0.3 is 0 Å². The minimum atomic E-state index is -3.79. The number of pyridine rings is 1. The molecule has 1 atom stereocenters. The first-order chi connectivity index (χ1) is 14.9. The van der Waals surface area contributed by atoms with E-state index in [2.05, 4.69) is 14.5 Å². The van der Waals surface area contributed by atoms with Crippen molar-refractivity contribution >= 4 is 32.1 Å². The summed E-state index contributed by atoms with van der Waals surface area (Å²) in [5.41, 5.74) is 7.91. The number of fused-ring (bicyclic) bond motifs is 3. The first-order valence-electron chi connectivity index (χ1n) is 10.5. The maximum Gasteiger partial charge on any atom is 0.269 e. The van der Waals surface area contributed by atoms with Crippen LogP contribution >= 0.6 is 0 Å². The van der Waals surface area contributed by atoms with Crippen LogP contribution in [0.1, 0.15) is 50.6 Å². The number of nitrogens with zero attached hydrogens (tertiary/aromatic N) is 4. The lowest BCUT2D eigenvalue weighted by molar-refractivity contribution is 0.177.